The molecule has 0 spiro atoms. The number of halogens is 2. The third-order valence-corrected chi connectivity index (χ3v) is 5.12. The number of nitrogens with one attached hydrogen (secondary N) is 1. The van der Waals surface area contributed by atoms with Gasteiger partial charge in [0.2, 0.25) is 11.8 Å². The van der Waals surface area contributed by atoms with Crippen molar-refractivity contribution < 1.29 is 14.3 Å². The van der Waals surface area contributed by atoms with Gasteiger partial charge in [0.05, 0.1) is 13.5 Å². The van der Waals surface area contributed by atoms with Crippen LogP contribution in [-0.4, -0.2) is 35.4 Å². The van der Waals surface area contributed by atoms with E-state index in [2.05, 4.69) is 5.32 Å². The zero-order chi connectivity index (χ0) is 22.5. The Morgan fingerprint density at radius 1 is 1.10 bits per heavy atom. The first kappa shape index (κ1) is 24.0. The van der Waals surface area contributed by atoms with Crippen LogP contribution in [0, 0.1) is 0 Å². The highest BCUT2D eigenvalue weighted by Crippen LogP contribution is 2.24. The predicted octanol–water partition coefficient (Wildman–Crippen LogP) is 4.88. The summed E-state index contributed by atoms with van der Waals surface area (Å²) in [4.78, 5) is 27.5. The van der Waals surface area contributed by atoms with Crippen LogP contribution < -0.4 is 10.1 Å². The van der Waals surface area contributed by atoms with Crippen molar-refractivity contribution in [2.24, 2.45) is 0 Å². The van der Waals surface area contributed by atoms with Gasteiger partial charge >= 0.3 is 0 Å². The van der Waals surface area contributed by atoms with Crippen LogP contribution in [0.5, 0.6) is 5.75 Å². The van der Waals surface area contributed by atoms with Crippen LogP contribution in [0.4, 0.5) is 0 Å². The Hall–Kier alpha value is -2.24. The predicted molar refractivity (Wildman–Crippen MR) is 121 cm³/mol. The lowest BCUT2D eigenvalue weighted by atomic mass is 10.1. The summed E-state index contributed by atoms with van der Waals surface area (Å²) in [6.45, 7) is 7.62. The SMILES string of the molecule is COc1ccc(CC(=O)N(Cc2ccc(Cl)cc2Cl)[C@H](C)C(=O)NC(C)(C)C)cc1. The lowest BCUT2D eigenvalue weighted by molar-refractivity contribution is -0.140. The summed E-state index contributed by atoms with van der Waals surface area (Å²) in [7, 11) is 1.59. The van der Waals surface area contributed by atoms with Gasteiger partial charge in [-0.25, -0.2) is 0 Å². The lowest BCUT2D eigenvalue weighted by Crippen LogP contribution is -2.52. The summed E-state index contributed by atoms with van der Waals surface area (Å²) in [6.07, 6.45) is 0.155. The molecule has 30 heavy (non-hydrogen) atoms. The van der Waals surface area contributed by atoms with Crippen molar-refractivity contribution >= 4 is 35.0 Å². The number of nitrogens with zero attached hydrogens (tertiary/aromatic N) is 1. The molecular formula is C23H28Cl2N2O3. The van der Waals surface area contributed by atoms with E-state index in [0.29, 0.717) is 15.8 Å². The number of hydrogen-bond donors (Lipinski definition) is 1. The van der Waals surface area contributed by atoms with E-state index in [1.807, 2.05) is 32.9 Å². The van der Waals surface area contributed by atoms with Gasteiger partial charge in [-0.05, 0) is 63.1 Å². The number of rotatable bonds is 7. The summed E-state index contributed by atoms with van der Waals surface area (Å²) in [5, 5.41) is 3.90. The standard InChI is InChI=1S/C23H28Cl2N2O3/c1-15(22(29)26-23(2,3)4)27(14-17-8-9-18(24)13-20(17)25)21(28)12-16-6-10-19(30-5)11-7-16/h6-11,13,15H,12,14H2,1-5H3,(H,26,29)/t15-/m1/s1. The molecule has 0 unspecified atom stereocenters. The Kier molecular flexibility index (Phi) is 8.16. The molecule has 0 aliphatic heterocycles. The maximum atomic E-state index is 13.2. The van der Waals surface area contributed by atoms with Crippen LogP contribution in [0.25, 0.3) is 0 Å². The molecular weight excluding hydrogens is 423 g/mol. The molecule has 0 aliphatic carbocycles. The van der Waals surface area contributed by atoms with Crippen LogP contribution in [0.2, 0.25) is 10.0 Å². The molecule has 7 heteroatoms. The first-order valence-electron chi connectivity index (χ1n) is 9.68. The Labute approximate surface area is 188 Å². The van der Waals surface area contributed by atoms with Crippen molar-refractivity contribution in [1.29, 1.82) is 0 Å². The zero-order valence-electron chi connectivity index (χ0n) is 18.0. The normalized spacial score (nSPS) is 12.2. The highest BCUT2D eigenvalue weighted by atomic mass is 35.5. The molecule has 2 aromatic carbocycles. The van der Waals surface area contributed by atoms with E-state index in [-0.39, 0.29) is 24.8 Å². The molecule has 162 valence electrons. The number of hydrogen-bond acceptors (Lipinski definition) is 3. The molecule has 0 saturated heterocycles. The largest absolute Gasteiger partial charge is 0.497 e. The Balaban J connectivity index is 2.28. The minimum atomic E-state index is -0.679. The summed E-state index contributed by atoms with van der Waals surface area (Å²) < 4.78 is 5.17. The van der Waals surface area contributed by atoms with Gasteiger partial charge in [-0.2, -0.15) is 0 Å². The van der Waals surface area contributed by atoms with Gasteiger partial charge in [-0.1, -0.05) is 41.4 Å². The fourth-order valence-electron chi connectivity index (χ4n) is 2.91. The number of carbonyl (C=O) groups is 2. The molecule has 0 aromatic heterocycles. The smallest absolute Gasteiger partial charge is 0.242 e. The van der Waals surface area contributed by atoms with E-state index >= 15 is 0 Å². The number of carbonyl (C=O) groups excluding carboxylic acids is 2. The summed E-state index contributed by atoms with van der Waals surface area (Å²) in [5.41, 5.74) is 1.14. The molecule has 0 aliphatic rings. The minimum absolute atomic E-state index is 0.155. The molecule has 0 fully saturated rings. The molecule has 1 N–H and O–H groups in total. The van der Waals surface area contributed by atoms with Crippen LogP contribution in [0.1, 0.15) is 38.8 Å². The van der Waals surface area contributed by atoms with E-state index in [4.69, 9.17) is 27.9 Å². The van der Waals surface area contributed by atoms with Gasteiger partial charge < -0.3 is 15.0 Å². The fourth-order valence-corrected chi connectivity index (χ4v) is 3.38. The van der Waals surface area contributed by atoms with Gasteiger partial charge in [-0.3, -0.25) is 9.59 Å². The van der Waals surface area contributed by atoms with Crippen molar-refractivity contribution in [1.82, 2.24) is 10.2 Å². The quantitative estimate of drug-likeness (QED) is 0.653. The average Bonchev–Trinajstić information content (AvgIpc) is 2.66. The topological polar surface area (TPSA) is 58.6 Å². The summed E-state index contributed by atoms with van der Waals surface area (Å²) in [6, 6.07) is 11.7. The van der Waals surface area contributed by atoms with Gasteiger partial charge in [0.25, 0.3) is 0 Å². The van der Waals surface area contributed by atoms with Crippen molar-refractivity contribution in [2.45, 2.75) is 52.2 Å². The van der Waals surface area contributed by atoms with Crippen LogP contribution >= 0.6 is 23.2 Å². The molecule has 5 nitrogen and oxygen atoms in total. The highest BCUT2D eigenvalue weighted by molar-refractivity contribution is 6.35. The monoisotopic (exact) mass is 450 g/mol. The lowest BCUT2D eigenvalue weighted by Gasteiger charge is -2.31. The van der Waals surface area contributed by atoms with Crippen LogP contribution in [-0.2, 0) is 22.6 Å². The molecule has 2 aromatic rings. The molecule has 1 atom stereocenters. The summed E-state index contributed by atoms with van der Waals surface area (Å²) >= 11 is 12.3. The second-order valence-corrected chi connectivity index (χ2v) is 9.04. The number of amides is 2. The first-order valence-corrected chi connectivity index (χ1v) is 10.4. The number of ether oxygens (including phenoxy) is 1. The van der Waals surface area contributed by atoms with Gasteiger partial charge in [0.15, 0.2) is 0 Å². The van der Waals surface area contributed by atoms with Gasteiger partial charge in [0, 0.05) is 22.1 Å². The van der Waals surface area contributed by atoms with Gasteiger partial charge in [-0.15, -0.1) is 0 Å². The Morgan fingerprint density at radius 2 is 1.73 bits per heavy atom. The van der Waals surface area contributed by atoms with Crippen LogP contribution in [0.15, 0.2) is 42.5 Å². The highest BCUT2D eigenvalue weighted by Gasteiger charge is 2.28. The Morgan fingerprint density at radius 3 is 2.27 bits per heavy atom. The summed E-state index contributed by atoms with van der Waals surface area (Å²) in [5.74, 6) is 0.312. The molecule has 0 radical (unpaired) electrons. The average molecular weight is 451 g/mol. The molecule has 0 saturated carbocycles. The van der Waals surface area contributed by atoms with E-state index < -0.39 is 11.6 Å². The van der Waals surface area contributed by atoms with E-state index in [0.717, 1.165) is 11.1 Å². The van der Waals surface area contributed by atoms with E-state index in [1.165, 1.54) is 0 Å². The number of benzene rings is 2. The minimum Gasteiger partial charge on any atom is -0.497 e. The third kappa shape index (κ3) is 6.92. The van der Waals surface area contributed by atoms with Gasteiger partial charge in [0.1, 0.15) is 11.8 Å². The molecule has 2 rings (SSSR count). The second kappa shape index (κ2) is 10.2. The Bertz CT molecular complexity index is 892. The van der Waals surface area contributed by atoms with Crippen molar-refractivity contribution in [3.8, 4) is 5.75 Å². The van der Waals surface area contributed by atoms with E-state index in [9.17, 15) is 9.59 Å². The third-order valence-electron chi connectivity index (χ3n) is 4.54. The van der Waals surface area contributed by atoms with Crippen molar-refractivity contribution in [3.05, 3.63) is 63.6 Å². The van der Waals surface area contributed by atoms with Crippen LogP contribution in [0.3, 0.4) is 0 Å². The first-order chi connectivity index (χ1) is 14.0. The maximum Gasteiger partial charge on any atom is 0.242 e. The molecule has 0 bridgehead atoms. The second-order valence-electron chi connectivity index (χ2n) is 8.20. The van der Waals surface area contributed by atoms with E-state index in [1.54, 1.807) is 49.3 Å². The van der Waals surface area contributed by atoms with Crippen molar-refractivity contribution in [2.75, 3.05) is 7.11 Å². The molecule has 0 heterocycles. The number of methoxy groups -OCH3 is 1. The molecule has 2 amide bonds. The van der Waals surface area contributed by atoms with Crippen molar-refractivity contribution in [3.63, 3.8) is 0 Å². The maximum absolute atomic E-state index is 13.2. The zero-order valence-corrected chi connectivity index (χ0v) is 19.5. The fraction of sp³-hybridized carbons (Fsp3) is 0.391.